The second kappa shape index (κ2) is 4.24. The number of nitriles is 1. The number of hydrogen-bond donors (Lipinski definition) is 1. The van der Waals surface area contributed by atoms with E-state index in [1.807, 2.05) is 20.8 Å². The van der Waals surface area contributed by atoms with Crippen molar-refractivity contribution >= 4 is 16.3 Å². The van der Waals surface area contributed by atoms with E-state index in [-0.39, 0.29) is 6.04 Å². The van der Waals surface area contributed by atoms with E-state index >= 15 is 0 Å². The third-order valence-corrected chi connectivity index (χ3v) is 3.51. The van der Waals surface area contributed by atoms with Crippen LogP contribution in [-0.4, -0.2) is 15.9 Å². The van der Waals surface area contributed by atoms with Crippen molar-refractivity contribution in [2.24, 2.45) is 0 Å². The highest BCUT2D eigenvalue weighted by molar-refractivity contribution is 7.15. The minimum atomic E-state index is -0.284. The molecule has 5 heteroatoms. The van der Waals surface area contributed by atoms with Gasteiger partial charge >= 0.3 is 0 Å². The molecule has 1 unspecified atom stereocenters. The number of hydrogen-bond acceptors (Lipinski definition) is 4. The van der Waals surface area contributed by atoms with Gasteiger partial charge in [-0.3, -0.25) is 9.72 Å². The van der Waals surface area contributed by atoms with Gasteiger partial charge in [0, 0.05) is 11.1 Å². The zero-order valence-electron chi connectivity index (χ0n) is 9.61. The first-order valence-electron chi connectivity index (χ1n) is 5.25. The molecular weight excluding hydrogens is 220 g/mol. The number of nitrogens with zero attached hydrogens (tertiary/aromatic N) is 3. The van der Waals surface area contributed by atoms with Crippen LogP contribution in [0.1, 0.15) is 30.0 Å². The first kappa shape index (κ1) is 11.1. The lowest BCUT2D eigenvalue weighted by molar-refractivity contribution is 0.633. The Labute approximate surface area is 98.5 Å². The molecule has 2 aromatic rings. The number of aromatic nitrogens is 2. The molecule has 0 spiro atoms. The predicted octanol–water partition coefficient (Wildman–Crippen LogP) is 2.19. The topological polar surface area (TPSA) is 53.1 Å². The molecule has 1 N–H and O–H groups in total. The molecule has 0 radical (unpaired) electrons. The van der Waals surface area contributed by atoms with Crippen molar-refractivity contribution in [1.29, 1.82) is 5.26 Å². The van der Waals surface area contributed by atoms with E-state index < -0.39 is 0 Å². The Morgan fingerprint density at radius 3 is 3.00 bits per heavy atom. The lowest BCUT2D eigenvalue weighted by Crippen LogP contribution is -2.21. The van der Waals surface area contributed by atoms with Gasteiger partial charge in [-0.05, 0) is 20.4 Å². The predicted molar refractivity (Wildman–Crippen MR) is 64.6 cm³/mol. The van der Waals surface area contributed by atoms with Gasteiger partial charge in [0.1, 0.15) is 6.04 Å². The highest BCUT2D eigenvalue weighted by atomic mass is 32.1. The van der Waals surface area contributed by atoms with Crippen molar-refractivity contribution in [3.05, 3.63) is 22.5 Å². The van der Waals surface area contributed by atoms with Gasteiger partial charge in [0.2, 0.25) is 0 Å². The molecule has 0 aliphatic heterocycles. The Morgan fingerprint density at radius 2 is 2.38 bits per heavy atom. The second-order valence-corrected chi connectivity index (χ2v) is 4.53. The average Bonchev–Trinajstić information content (AvgIpc) is 2.76. The molecule has 2 aromatic heterocycles. The quantitative estimate of drug-likeness (QED) is 0.885. The molecule has 0 aliphatic rings. The molecule has 0 saturated carbocycles. The maximum atomic E-state index is 9.19. The second-order valence-electron chi connectivity index (χ2n) is 3.70. The Hall–Kier alpha value is -1.38. The van der Waals surface area contributed by atoms with Gasteiger partial charge in [-0.1, -0.05) is 6.92 Å². The number of thiazole rings is 1. The molecule has 2 heterocycles. The van der Waals surface area contributed by atoms with Crippen LogP contribution < -0.4 is 5.32 Å². The Balaban J connectivity index is 2.61. The summed E-state index contributed by atoms with van der Waals surface area (Å²) in [5, 5.41) is 14.4. The van der Waals surface area contributed by atoms with Crippen molar-refractivity contribution in [2.45, 2.75) is 26.8 Å². The molecule has 1 atom stereocenters. The van der Waals surface area contributed by atoms with Crippen molar-refractivity contribution in [2.75, 3.05) is 6.54 Å². The van der Waals surface area contributed by atoms with Crippen LogP contribution in [0.5, 0.6) is 0 Å². The van der Waals surface area contributed by atoms with Crippen LogP contribution in [0.25, 0.3) is 4.96 Å². The van der Waals surface area contributed by atoms with Crippen molar-refractivity contribution in [3.63, 3.8) is 0 Å². The summed E-state index contributed by atoms with van der Waals surface area (Å²) in [6.07, 6.45) is 0. The molecule has 2 rings (SSSR count). The van der Waals surface area contributed by atoms with Crippen LogP contribution in [0.2, 0.25) is 0 Å². The largest absolute Gasteiger partial charge is 0.297 e. The molecule has 16 heavy (non-hydrogen) atoms. The maximum Gasteiger partial charge on any atom is 0.194 e. The van der Waals surface area contributed by atoms with E-state index in [2.05, 4.69) is 26.2 Å². The summed E-state index contributed by atoms with van der Waals surface area (Å²) in [6, 6.07) is 2.00. The van der Waals surface area contributed by atoms with Crippen molar-refractivity contribution in [1.82, 2.24) is 14.7 Å². The third kappa shape index (κ3) is 1.60. The number of imidazole rings is 1. The van der Waals surface area contributed by atoms with Gasteiger partial charge in [-0.2, -0.15) is 5.26 Å². The zero-order chi connectivity index (χ0) is 11.7. The van der Waals surface area contributed by atoms with Crippen molar-refractivity contribution in [3.8, 4) is 6.07 Å². The van der Waals surface area contributed by atoms with Gasteiger partial charge in [-0.15, -0.1) is 11.3 Å². The first-order valence-corrected chi connectivity index (χ1v) is 6.13. The molecule has 0 fully saturated rings. The van der Waals surface area contributed by atoms with E-state index in [4.69, 9.17) is 0 Å². The van der Waals surface area contributed by atoms with Crippen LogP contribution in [0.3, 0.4) is 0 Å². The molecule has 4 nitrogen and oxygen atoms in total. The van der Waals surface area contributed by atoms with E-state index in [0.717, 1.165) is 28.6 Å². The summed E-state index contributed by atoms with van der Waals surface area (Å²) in [6.45, 7) is 6.76. The smallest absolute Gasteiger partial charge is 0.194 e. The molecule has 0 bridgehead atoms. The van der Waals surface area contributed by atoms with Crippen LogP contribution in [0.4, 0.5) is 0 Å². The lowest BCUT2D eigenvalue weighted by Gasteiger charge is -2.10. The normalized spacial score (nSPS) is 12.9. The van der Waals surface area contributed by atoms with Crippen LogP contribution in [0, 0.1) is 25.2 Å². The summed E-state index contributed by atoms with van der Waals surface area (Å²) in [5.41, 5.74) is 3.04. The first-order chi connectivity index (χ1) is 7.69. The molecule has 0 aliphatic carbocycles. The van der Waals surface area contributed by atoms with Gasteiger partial charge in [-0.25, -0.2) is 4.98 Å². The van der Waals surface area contributed by atoms with E-state index in [1.54, 1.807) is 11.3 Å². The average molecular weight is 234 g/mol. The minimum Gasteiger partial charge on any atom is -0.297 e. The maximum absolute atomic E-state index is 9.19. The summed E-state index contributed by atoms with van der Waals surface area (Å²) >= 11 is 1.61. The van der Waals surface area contributed by atoms with Gasteiger partial charge in [0.15, 0.2) is 4.96 Å². The van der Waals surface area contributed by atoms with Gasteiger partial charge < -0.3 is 0 Å². The number of aryl methyl sites for hydroxylation is 2. The molecule has 0 saturated heterocycles. The number of rotatable bonds is 3. The molecule has 84 valence electrons. The van der Waals surface area contributed by atoms with Gasteiger partial charge in [0.05, 0.1) is 17.5 Å². The standard InChI is InChI=1S/C11H14N4S/c1-4-13-9(5-12)10-8(3)14-11-15(10)7(2)6-16-11/h6,9,13H,4H2,1-3H3. The van der Waals surface area contributed by atoms with E-state index in [1.165, 1.54) is 0 Å². The fraction of sp³-hybridized carbons (Fsp3) is 0.455. The summed E-state index contributed by atoms with van der Waals surface area (Å²) < 4.78 is 2.07. The third-order valence-electron chi connectivity index (χ3n) is 2.56. The van der Waals surface area contributed by atoms with E-state index in [9.17, 15) is 5.26 Å². The van der Waals surface area contributed by atoms with Crippen LogP contribution in [-0.2, 0) is 0 Å². The fourth-order valence-corrected chi connectivity index (χ4v) is 2.79. The van der Waals surface area contributed by atoms with Crippen LogP contribution >= 0.6 is 11.3 Å². The van der Waals surface area contributed by atoms with Crippen molar-refractivity contribution < 1.29 is 0 Å². The Kier molecular flexibility index (Phi) is 2.95. The minimum absolute atomic E-state index is 0.284. The Morgan fingerprint density at radius 1 is 1.62 bits per heavy atom. The number of nitrogens with one attached hydrogen (secondary N) is 1. The fourth-order valence-electron chi connectivity index (χ4n) is 1.87. The molecule has 0 amide bonds. The summed E-state index contributed by atoms with van der Waals surface area (Å²) in [7, 11) is 0. The highest BCUT2D eigenvalue weighted by Gasteiger charge is 2.20. The lowest BCUT2D eigenvalue weighted by atomic mass is 10.2. The Bertz CT molecular complexity index is 546. The van der Waals surface area contributed by atoms with Crippen LogP contribution in [0.15, 0.2) is 5.38 Å². The van der Waals surface area contributed by atoms with E-state index in [0.29, 0.717) is 0 Å². The SMILES string of the molecule is CCNC(C#N)c1c(C)nc2scc(C)n12. The summed E-state index contributed by atoms with van der Waals surface area (Å²) in [4.78, 5) is 5.44. The number of fused-ring (bicyclic) bond motifs is 1. The molecular formula is C11H14N4S. The monoisotopic (exact) mass is 234 g/mol. The van der Waals surface area contributed by atoms with Gasteiger partial charge in [0.25, 0.3) is 0 Å². The zero-order valence-corrected chi connectivity index (χ0v) is 10.4. The highest BCUT2D eigenvalue weighted by Crippen LogP contribution is 2.24. The molecule has 0 aromatic carbocycles. The summed E-state index contributed by atoms with van der Waals surface area (Å²) in [5.74, 6) is 0.